The van der Waals surface area contributed by atoms with Gasteiger partial charge in [-0.05, 0) is 51.3 Å². The summed E-state index contributed by atoms with van der Waals surface area (Å²) in [5.41, 5.74) is 0.289. The second-order valence-corrected chi connectivity index (χ2v) is 8.11. The summed E-state index contributed by atoms with van der Waals surface area (Å²) in [5, 5.41) is 5.52. The summed E-state index contributed by atoms with van der Waals surface area (Å²) in [6.07, 6.45) is 1.05. The molecule has 0 saturated carbocycles. The first-order chi connectivity index (χ1) is 13.7. The summed E-state index contributed by atoms with van der Waals surface area (Å²) in [4.78, 5) is 37.9. The van der Waals surface area contributed by atoms with Crippen LogP contribution >= 0.6 is 0 Å². The molecule has 1 heterocycles. The van der Waals surface area contributed by atoms with Gasteiger partial charge >= 0.3 is 6.09 Å². The Kier molecular flexibility index (Phi) is 7.87. The highest BCUT2D eigenvalue weighted by Crippen LogP contribution is 2.14. The number of likely N-dealkylation sites (tertiary alicyclic amines) is 1. The standard InChI is InChI=1S/C21H31N3O5/c1-21(2,3)29-20(27)22-14-19(26)24-10-8-16(9-11-24)23-18(25)13-15-6-5-7-17(12-15)28-4/h5-7,12,16H,8-11,13-14H2,1-4H3,(H,22,27)(H,23,25). The maximum absolute atomic E-state index is 12.3. The van der Waals surface area contributed by atoms with Crippen molar-refractivity contribution in [2.45, 2.75) is 51.7 Å². The second-order valence-electron chi connectivity index (χ2n) is 8.11. The van der Waals surface area contributed by atoms with Crippen molar-refractivity contribution in [3.63, 3.8) is 0 Å². The Hall–Kier alpha value is -2.77. The molecule has 3 amide bonds. The number of ether oxygens (including phenoxy) is 2. The van der Waals surface area contributed by atoms with Gasteiger partial charge in [0.2, 0.25) is 11.8 Å². The number of nitrogens with zero attached hydrogens (tertiary/aromatic N) is 1. The predicted octanol–water partition coefficient (Wildman–Crippen LogP) is 1.87. The predicted molar refractivity (Wildman–Crippen MR) is 109 cm³/mol. The molecule has 8 heteroatoms. The third-order valence-corrected chi connectivity index (χ3v) is 4.49. The first kappa shape index (κ1) is 22.5. The van der Waals surface area contributed by atoms with Gasteiger partial charge in [0.1, 0.15) is 17.9 Å². The van der Waals surface area contributed by atoms with Crippen LogP contribution in [0.1, 0.15) is 39.2 Å². The minimum atomic E-state index is -0.606. The van der Waals surface area contributed by atoms with Gasteiger partial charge in [0, 0.05) is 19.1 Å². The van der Waals surface area contributed by atoms with Gasteiger partial charge in [-0.3, -0.25) is 9.59 Å². The molecule has 0 aromatic heterocycles. The van der Waals surface area contributed by atoms with E-state index in [1.165, 1.54) is 0 Å². The smallest absolute Gasteiger partial charge is 0.408 e. The normalized spacial score (nSPS) is 14.8. The summed E-state index contributed by atoms with van der Waals surface area (Å²) in [6.45, 7) is 6.28. The number of benzene rings is 1. The molecular weight excluding hydrogens is 374 g/mol. The fourth-order valence-corrected chi connectivity index (χ4v) is 3.09. The second kappa shape index (κ2) is 10.1. The monoisotopic (exact) mass is 405 g/mol. The number of hydrogen-bond donors (Lipinski definition) is 2. The maximum atomic E-state index is 12.3. The largest absolute Gasteiger partial charge is 0.497 e. The topological polar surface area (TPSA) is 97.0 Å². The molecule has 1 aromatic rings. The fourth-order valence-electron chi connectivity index (χ4n) is 3.09. The molecule has 1 aliphatic heterocycles. The summed E-state index contributed by atoms with van der Waals surface area (Å²) in [5.74, 6) is 0.522. The van der Waals surface area contributed by atoms with Gasteiger partial charge in [0.25, 0.3) is 0 Å². The highest BCUT2D eigenvalue weighted by atomic mass is 16.6. The molecule has 0 unspecified atom stereocenters. The number of alkyl carbamates (subject to hydrolysis) is 1. The third kappa shape index (κ3) is 8.01. The lowest BCUT2D eigenvalue weighted by molar-refractivity contribution is -0.131. The van der Waals surface area contributed by atoms with Crippen molar-refractivity contribution >= 4 is 17.9 Å². The quantitative estimate of drug-likeness (QED) is 0.753. The molecular formula is C21H31N3O5. The van der Waals surface area contributed by atoms with E-state index in [0.717, 1.165) is 11.3 Å². The Labute approximate surface area is 171 Å². The van der Waals surface area contributed by atoms with Crippen LogP contribution in [-0.4, -0.2) is 61.2 Å². The van der Waals surface area contributed by atoms with Crippen LogP contribution in [0.15, 0.2) is 24.3 Å². The lowest BCUT2D eigenvalue weighted by atomic mass is 10.0. The van der Waals surface area contributed by atoms with Gasteiger partial charge in [-0.1, -0.05) is 12.1 Å². The van der Waals surface area contributed by atoms with Crippen molar-refractivity contribution < 1.29 is 23.9 Å². The van der Waals surface area contributed by atoms with E-state index in [9.17, 15) is 14.4 Å². The van der Waals surface area contributed by atoms with Gasteiger partial charge in [-0.25, -0.2) is 4.79 Å². The molecule has 29 heavy (non-hydrogen) atoms. The number of amides is 3. The molecule has 1 aliphatic rings. The van der Waals surface area contributed by atoms with Crippen molar-refractivity contribution in [3.05, 3.63) is 29.8 Å². The van der Waals surface area contributed by atoms with Crippen LogP contribution in [0.3, 0.4) is 0 Å². The Morgan fingerprint density at radius 3 is 2.48 bits per heavy atom. The molecule has 1 aromatic carbocycles. The molecule has 0 spiro atoms. The van der Waals surface area contributed by atoms with Gasteiger partial charge in [0.05, 0.1) is 13.5 Å². The number of hydrogen-bond acceptors (Lipinski definition) is 5. The first-order valence-corrected chi connectivity index (χ1v) is 9.83. The van der Waals surface area contributed by atoms with Gasteiger partial charge in [0.15, 0.2) is 0 Å². The third-order valence-electron chi connectivity index (χ3n) is 4.49. The van der Waals surface area contributed by atoms with E-state index in [4.69, 9.17) is 9.47 Å². The average Bonchev–Trinajstić information content (AvgIpc) is 2.65. The fraction of sp³-hybridized carbons (Fsp3) is 0.571. The molecule has 0 radical (unpaired) electrons. The zero-order valence-electron chi connectivity index (χ0n) is 17.6. The van der Waals surface area contributed by atoms with Crippen LogP contribution in [0, 0.1) is 0 Å². The van der Waals surface area contributed by atoms with Crippen LogP contribution in [0.2, 0.25) is 0 Å². The number of methoxy groups -OCH3 is 1. The molecule has 0 bridgehead atoms. The van der Waals surface area contributed by atoms with E-state index < -0.39 is 11.7 Å². The summed E-state index contributed by atoms with van der Waals surface area (Å²) >= 11 is 0. The van der Waals surface area contributed by atoms with Crippen LogP contribution < -0.4 is 15.4 Å². The van der Waals surface area contributed by atoms with Crippen molar-refractivity contribution in [2.24, 2.45) is 0 Å². The van der Waals surface area contributed by atoms with Crippen molar-refractivity contribution in [2.75, 3.05) is 26.7 Å². The number of piperidine rings is 1. The zero-order chi connectivity index (χ0) is 21.4. The lowest BCUT2D eigenvalue weighted by Crippen LogP contribution is -2.49. The molecule has 160 valence electrons. The Morgan fingerprint density at radius 2 is 1.86 bits per heavy atom. The summed E-state index contributed by atoms with van der Waals surface area (Å²) in [6, 6.07) is 7.47. The molecule has 2 rings (SSSR count). The van der Waals surface area contributed by atoms with E-state index in [2.05, 4.69) is 10.6 Å². The van der Waals surface area contributed by atoms with E-state index in [-0.39, 0.29) is 30.8 Å². The summed E-state index contributed by atoms with van der Waals surface area (Å²) in [7, 11) is 1.59. The molecule has 1 fully saturated rings. The minimum absolute atomic E-state index is 0.0379. The van der Waals surface area contributed by atoms with Crippen molar-refractivity contribution in [1.29, 1.82) is 0 Å². The number of rotatable bonds is 6. The SMILES string of the molecule is COc1cccc(CC(=O)NC2CCN(C(=O)CNC(=O)OC(C)(C)C)CC2)c1. The van der Waals surface area contributed by atoms with Crippen LogP contribution in [-0.2, 0) is 20.7 Å². The maximum Gasteiger partial charge on any atom is 0.408 e. The first-order valence-electron chi connectivity index (χ1n) is 9.83. The molecule has 8 nitrogen and oxygen atoms in total. The number of nitrogens with one attached hydrogen (secondary N) is 2. The van der Waals surface area contributed by atoms with E-state index >= 15 is 0 Å². The lowest BCUT2D eigenvalue weighted by Gasteiger charge is -2.32. The van der Waals surface area contributed by atoms with Gasteiger partial charge in [-0.15, -0.1) is 0 Å². The molecule has 1 saturated heterocycles. The van der Waals surface area contributed by atoms with Crippen molar-refractivity contribution in [3.8, 4) is 5.75 Å². The number of carbonyl (C=O) groups excluding carboxylic acids is 3. The summed E-state index contributed by atoms with van der Waals surface area (Å²) < 4.78 is 10.3. The molecule has 0 aliphatic carbocycles. The number of carbonyl (C=O) groups is 3. The van der Waals surface area contributed by atoms with E-state index in [1.54, 1.807) is 32.8 Å². The highest BCUT2D eigenvalue weighted by molar-refractivity contribution is 5.82. The van der Waals surface area contributed by atoms with Crippen LogP contribution in [0.5, 0.6) is 5.75 Å². The minimum Gasteiger partial charge on any atom is -0.497 e. The molecule has 0 atom stereocenters. The van der Waals surface area contributed by atoms with E-state index in [0.29, 0.717) is 25.9 Å². The van der Waals surface area contributed by atoms with Crippen molar-refractivity contribution in [1.82, 2.24) is 15.5 Å². The van der Waals surface area contributed by atoms with Gasteiger partial charge in [-0.2, -0.15) is 0 Å². The van der Waals surface area contributed by atoms with E-state index in [1.807, 2.05) is 24.3 Å². The average molecular weight is 405 g/mol. The molecule has 2 N–H and O–H groups in total. The highest BCUT2D eigenvalue weighted by Gasteiger charge is 2.24. The zero-order valence-corrected chi connectivity index (χ0v) is 17.6. The van der Waals surface area contributed by atoms with Crippen LogP contribution in [0.25, 0.3) is 0 Å². The van der Waals surface area contributed by atoms with Gasteiger partial charge < -0.3 is 25.0 Å². The Bertz CT molecular complexity index is 721. The Morgan fingerprint density at radius 1 is 1.17 bits per heavy atom. The van der Waals surface area contributed by atoms with Crippen LogP contribution in [0.4, 0.5) is 4.79 Å². The Balaban J connectivity index is 1.70.